The van der Waals surface area contributed by atoms with Crippen LogP contribution in [-0.2, 0) is 18.0 Å². The van der Waals surface area contributed by atoms with Gasteiger partial charge < -0.3 is 10.2 Å². The summed E-state index contributed by atoms with van der Waals surface area (Å²) in [5.74, 6) is 0.00278. The number of hydrogen-bond acceptors (Lipinski definition) is 5. The van der Waals surface area contributed by atoms with Gasteiger partial charge in [-0.05, 0) is 68.0 Å². The van der Waals surface area contributed by atoms with Crippen molar-refractivity contribution in [3.8, 4) is 5.69 Å². The first-order chi connectivity index (χ1) is 23.3. The number of fused-ring (bicyclic) bond motifs is 1. The quantitative estimate of drug-likeness (QED) is 0.190. The highest BCUT2D eigenvalue weighted by Gasteiger charge is 2.39. The number of carbonyl (C=O) groups excluding carboxylic acids is 2. The molecule has 1 aliphatic heterocycles. The van der Waals surface area contributed by atoms with E-state index in [1.807, 2.05) is 61.5 Å². The highest BCUT2D eigenvalue weighted by molar-refractivity contribution is 6.00. The van der Waals surface area contributed by atoms with E-state index in [0.717, 1.165) is 22.5 Å². The summed E-state index contributed by atoms with van der Waals surface area (Å²) in [5, 5.41) is 11.1. The summed E-state index contributed by atoms with van der Waals surface area (Å²) >= 11 is 0. The van der Waals surface area contributed by atoms with Gasteiger partial charge in [-0.3, -0.25) is 15.1 Å². The summed E-state index contributed by atoms with van der Waals surface area (Å²) in [6.07, 6.45) is -0.182. The van der Waals surface area contributed by atoms with Crippen LogP contribution in [0, 0.1) is 12.8 Å². The minimum absolute atomic E-state index is 0.130. The van der Waals surface area contributed by atoms with Crippen molar-refractivity contribution in [1.82, 2.24) is 24.6 Å². The molecule has 5 aromatic rings. The number of carbonyl (C=O) groups is 2. The molecule has 1 aliphatic rings. The molecule has 49 heavy (non-hydrogen) atoms. The van der Waals surface area contributed by atoms with Gasteiger partial charge in [0, 0.05) is 48.0 Å². The summed E-state index contributed by atoms with van der Waals surface area (Å²) < 4.78 is 43.5. The highest BCUT2D eigenvalue weighted by atomic mass is 19.4. The van der Waals surface area contributed by atoms with Gasteiger partial charge in [0.05, 0.1) is 22.5 Å². The number of nitrogens with zero attached hydrogens (tertiary/aromatic N) is 5. The molecular weight excluding hydrogens is 631 g/mol. The average Bonchev–Trinajstić information content (AvgIpc) is 3.49. The number of aromatic nitrogens is 4. The first-order valence-corrected chi connectivity index (χ1v) is 16.2. The second-order valence-electron chi connectivity index (χ2n) is 13.5. The molecule has 4 heterocycles. The molecule has 1 fully saturated rings. The summed E-state index contributed by atoms with van der Waals surface area (Å²) in [4.78, 5) is 35.9. The van der Waals surface area contributed by atoms with Crippen molar-refractivity contribution in [3.63, 3.8) is 0 Å². The zero-order valence-corrected chi connectivity index (χ0v) is 27.8. The number of amides is 3. The Morgan fingerprint density at radius 1 is 0.939 bits per heavy atom. The highest BCUT2D eigenvalue weighted by Crippen LogP contribution is 2.34. The number of hydrogen-bond donors (Lipinski definition) is 2. The van der Waals surface area contributed by atoms with Crippen molar-refractivity contribution in [1.29, 1.82) is 0 Å². The number of benzene rings is 2. The monoisotopic (exact) mass is 669 g/mol. The van der Waals surface area contributed by atoms with Crippen LogP contribution in [-0.4, -0.2) is 49.7 Å². The van der Waals surface area contributed by atoms with Gasteiger partial charge in [0.25, 0.3) is 5.91 Å². The number of para-hydroxylation sites is 1. The molecule has 9 nitrogen and oxygen atoms in total. The lowest BCUT2D eigenvalue weighted by molar-refractivity contribution is -0.141. The molecule has 6 rings (SSSR count). The lowest BCUT2D eigenvalue weighted by Crippen LogP contribution is -2.40. The minimum atomic E-state index is -4.78. The number of anilines is 2. The molecule has 3 aromatic heterocycles. The molecule has 12 heteroatoms. The van der Waals surface area contributed by atoms with Gasteiger partial charge in [0.2, 0.25) is 0 Å². The molecule has 0 atom stereocenters. The number of likely N-dealkylation sites (tertiary alicyclic amines) is 1. The van der Waals surface area contributed by atoms with Crippen LogP contribution in [0.25, 0.3) is 16.6 Å². The minimum Gasteiger partial charge on any atom is -0.339 e. The van der Waals surface area contributed by atoms with Crippen LogP contribution < -0.4 is 10.6 Å². The zero-order valence-electron chi connectivity index (χ0n) is 27.8. The van der Waals surface area contributed by atoms with Crippen LogP contribution >= 0.6 is 0 Å². The van der Waals surface area contributed by atoms with Gasteiger partial charge in [-0.2, -0.15) is 18.3 Å². The van der Waals surface area contributed by atoms with E-state index in [1.165, 1.54) is 29.4 Å². The third-order valence-electron chi connectivity index (χ3n) is 8.79. The molecule has 0 bridgehead atoms. The molecule has 0 unspecified atom stereocenters. The summed E-state index contributed by atoms with van der Waals surface area (Å²) in [7, 11) is 0. The van der Waals surface area contributed by atoms with Crippen molar-refractivity contribution in [3.05, 3.63) is 107 Å². The Kier molecular flexibility index (Phi) is 9.15. The Hall–Kier alpha value is -5.26. The van der Waals surface area contributed by atoms with Gasteiger partial charge in [-0.15, -0.1) is 0 Å². The van der Waals surface area contributed by atoms with Crippen molar-refractivity contribution in [2.75, 3.05) is 23.7 Å². The molecule has 0 aliphatic carbocycles. The molecule has 0 spiro atoms. The smallest absolute Gasteiger partial charge is 0.339 e. The van der Waals surface area contributed by atoms with Crippen molar-refractivity contribution in [2.24, 2.45) is 5.92 Å². The fourth-order valence-electron chi connectivity index (χ4n) is 6.03. The van der Waals surface area contributed by atoms with E-state index in [2.05, 4.69) is 41.4 Å². The molecule has 2 aromatic carbocycles. The SMILES string of the molecule is Cc1ccc(-n2nc(C(C)(C)C)cc2NC(=O)Nc2ccccc2CC2CCN(C(=O)c3cc4cnccc4nc3C(F)(F)F)CC2)cc1. The second-order valence-corrected chi connectivity index (χ2v) is 13.5. The molecule has 3 amide bonds. The Bertz CT molecular complexity index is 1990. The van der Waals surface area contributed by atoms with E-state index in [4.69, 9.17) is 5.10 Å². The topological polar surface area (TPSA) is 105 Å². The van der Waals surface area contributed by atoms with Crippen molar-refractivity contribution in [2.45, 2.75) is 58.5 Å². The van der Waals surface area contributed by atoms with E-state index in [1.54, 1.807) is 4.68 Å². The number of urea groups is 1. The van der Waals surface area contributed by atoms with E-state index >= 15 is 0 Å². The molecular formula is C37H38F3N7O2. The predicted octanol–water partition coefficient (Wildman–Crippen LogP) is 8.18. The van der Waals surface area contributed by atoms with Gasteiger partial charge in [0.1, 0.15) is 5.82 Å². The van der Waals surface area contributed by atoms with Crippen LogP contribution in [0.3, 0.4) is 0 Å². The first kappa shape index (κ1) is 33.6. The zero-order chi connectivity index (χ0) is 34.9. The van der Waals surface area contributed by atoms with Crippen LogP contribution in [0.2, 0.25) is 0 Å². The number of pyridine rings is 2. The Morgan fingerprint density at radius 3 is 2.35 bits per heavy atom. The largest absolute Gasteiger partial charge is 0.434 e. The number of piperidine rings is 1. The fraction of sp³-hybridized carbons (Fsp3) is 0.324. The number of nitrogens with one attached hydrogen (secondary N) is 2. The van der Waals surface area contributed by atoms with Gasteiger partial charge in [-0.25, -0.2) is 14.5 Å². The molecule has 0 radical (unpaired) electrons. The van der Waals surface area contributed by atoms with Crippen LogP contribution in [0.4, 0.5) is 29.5 Å². The van der Waals surface area contributed by atoms with Crippen LogP contribution in [0.1, 0.15) is 66.5 Å². The fourth-order valence-corrected chi connectivity index (χ4v) is 6.03. The van der Waals surface area contributed by atoms with E-state index in [9.17, 15) is 22.8 Å². The van der Waals surface area contributed by atoms with Crippen LogP contribution in [0.5, 0.6) is 0 Å². The maximum Gasteiger partial charge on any atom is 0.434 e. The summed E-state index contributed by atoms with van der Waals surface area (Å²) in [6.45, 7) is 8.81. The summed E-state index contributed by atoms with van der Waals surface area (Å²) in [6, 6.07) is 19.5. The lowest BCUT2D eigenvalue weighted by Gasteiger charge is -2.33. The number of aryl methyl sites for hydroxylation is 1. The molecule has 2 N–H and O–H groups in total. The Labute approximate surface area is 282 Å². The number of rotatable bonds is 6. The first-order valence-electron chi connectivity index (χ1n) is 16.2. The van der Waals surface area contributed by atoms with E-state index in [-0.39, 0.29) is 16.8 Å². The van der Waals surface area contributed by atoms with E-state index < -0.39 is 29.4 Å². The third kappa shape index (κ3) is 7.58. The number of halogens is 3. The standard InChI is InChI=1S/C37H38F3N7O2/c1-23-9-11-27(12-10-23)47-32(21-31(45-47)36(2,3)4)44-35(49)43-29-8-6-5-7-25(29)19-24-14-17-46(18-15-24)34(48)28-20-26-22-41-16-13-30(26)42-33(28)37(38,39)40/h5-13,16,20-22,24H,14-15,17-19H2,1-4H3,(H2,43,44,49). The second kappa shape index (κ2) is 13.3. The Balaban J connectivity index is 1.13. The Morgan fingerprint density at radius 2 is 1.65 bits per heavy atom. The predicted molar refractivity (Wildman–Crippen MR) is 183 cm³/mol. The normalized spacial score (nSPS) is 14.2. The number of alkyl halides is 3. The molecule has 0 saturated carbocycles. The van der Waals surface area contributed by atoms with E-state index in [0.29, 0.717) is 49.2 Å². The van der Waals surface area contributed by atoms with Gasteiger partial charge in [-0.1, -0.05) is 56.7 Å². The maximum absolute atomic E-state index is 13.9. The lowest BCUT2D eigenvalue weighted by atomic mass is 9.89. The summed E-state index contributed by atoms with van der Waals surface area (Å²) in [5.41, 5.74) is 2.59. The molecule has 254 valence electrons. The molecule has 1 saturated heterocycles. The maximum atomic E-state index is 13.9. The van der Waals surface area contributed by atoms with Crippen molar-refractivity contribution >= 4 is 34.3 Å². The third-order valence-corrected chi connectivity index (χ3v) is 8.79. The van der Waals surface area contributed by atoms with Crippen LogP contribution in [0.15, 0.2) is 79.1 Å². The van der Waals surface area contributed by atoms with Crippen molar-refractivity contribution < 1.29 is 22.8 Å². The van der Waals surface area contributed by atoms with Gasteiger partial charge in [0.15, 0.2) is 5.69 Å². The average molecular weight is 670 g/mol. The van der Waals surface area contributed by atoms with Gasteiger partial charge >= 0.3 is 12.2 Å².